The number of aromatic nitrogens is 1. The summed E-state index contributed by atoms with van der Waals surface area (Å²) in [6.07, 6.45) is 8.45. The molecule has 5 nitrogen and oxygen atoms in total. The zero-order chi connectivity index (χ0) is 19.4. The second-order valence-electron chi connectivity index (χ2n) is 7.05. The minimum Gasteiger partial charge on any atom is -0.320 e. The summed E-state index contributed by atoms with van der Waals surface area (Å²) >= 11 is 0. The van der Waals surface area contributed by atoms with Crippen LogP contribution in [0, 0.1) is 11.3 Å². The molecular formula is C20H21F2N3O2. The molecular weight excluding hydrogens is 352 g/mol. The maximum absolute atomic E-state index is 13.5. The lowest BCUT2D eigenvalue weighted by molar-refractivity contribution is -0.132. The van der Waals surface area contributed by atoms with Crippen molar-refractivity contribution in [2.24, 2.45) is 0 Å². The number of carbonyl (C=O) groups is 2. The molecule has 1 aliphatic carbocycles. The monoisotopic (exact) mass is 373 g/mol. The van der Waals surface area contributed by atoms with Gasteiger partial charge in [-0.05, 0) is 37.3 Å². The van der Waals surface area contributed by atoms with Crippen LogP contribution in [0.1, 0.15) is 60.9 Å². The fourth-order valence-electron chi connectivity index (χ4n) is 3.67. The van der Waals surface area contributed by atoms with Gasteiger partial charge in [0, 0.05) is 42.8 Å². The van der Waals surface area contributed by atoms with Crippen molar-refractivity contribution in [2.45, 2.75) is 56.9 Å². The smallest absolute Gasteiger partial charge is 0.268 e. The molecule has 1 fully saturated rings. The van der Waals surface area contributed by atoms with Crippen molar-refractivity contribution in [2.75, 3.05) is 6.54 Å². The molecule has 2 aliphatic rings. The van der Waals surface area contributed by atoms with E-state index in [-0.39, 0.29) is 18.6 Å². The highest BCUT2D eigenvalue weighted by Crippen LogP contribution is 2.33. The molecule has 1 amide bonds. The van der Waals surface area contributed by atoms with Gasteiger partial charge < -0.3 is 4.90 Å². The summed E-state index contributed by atoms with van der Waals surface area (Å²) in [6.45, 7) is -0.758. The number of likely N-dealkylation sites (tertiary alicyclic amines) is 1. The number of allylic oxidation sites excluding steroid dienone is 2. The normalized spacial score (nSPS) is 21.4. The number of ketones is 1. The van der Waals surface area contributed by atoms with Crippen molar-refractivity contribution < 1.29 is 18.4 Å². The van der Waals surface area contributed by atoms with E-state index in [1.54, 1.807) is 18.3 Å². The zero-order valence-electron chi connectivity index (χ0n) is 15.0. The van der Waals surface area contributed by atoms with Crippen molar-refractivity contribution in [1.29, 1.82) is 5.26 Å². The number of hydrogen-bond donors (Lipinski definition) is 0. The van der Waals surface area contributed by atoms with E-state index in [1.165, 1.54) is 6.20 Å². The fourth-order valence-corrected chi connectivity index (χ4v) is 3.67. The van der Waals surface area contributed by atoms with Gasteiger partial charge in [0.05, 0.1) is 12.6 Å². The lowest BCUT2D eigenvalue weighted by atomic mass is 9.90. The molecule has 0 saturated carbocycles. The topological polar surface area (TPSA) is 74.1 Å². The third-order valence-corrected chi connectivity index (χ3v) is 5.06. The SMILES string of the molecule is N#C[C@@H]1CC(F)(F)CN1C(=O)CCC(=O)c1ccncc1C1=CCCCC1. The van der Waals surface area contributed by atoms with Crippen molar-refractivity contribution in [3.05, 3.63) is 35.7 Å². The third-order valence-electron chi connectivity index (χ3n) is 5.06. The quantitative estimate of drug-likeness (QED) is 0.737. The van der Waals surface area contributed by atoms with Crippen LogP contribution in [0.3, 0.4) is 0 Å². The summed E-state index contributed by atoms with van der Waals surface area (Å²) in [7, 11) is 0. The molecule has 142 valence electrons. The molecule has 0 aromatic carbocycles. The molecule has 1 aromatic heterocycles. The van der Waals surface area contributed by atoms with Crippen LogP contribution in [0.4, 0.5) is 8.78 Å². The van der Waals surface area contributed by atoms with Crippen LogP contribution in [0.5, 0.6) is 0 Å². The number of rotatable bonds is 5. The van der Waals surface area contributed by atoms with Gasteiger partial charge in [-0.2, -0.15) is 5.26 Å². The van der Waals surface area contributed by atoms with E-state index in [0.717, 1.165) is 41.7 Å². The zero-order valence-corrected chi connectivity index (χ0v) is 15.0. The Morgan fingerprint density at radius 1 is 1.33 bits per heavy atom. The molecule has 0 radical (unpaired) electrons. The highest BCUT2D eigenvalue weighted by molar-refractivity contribution is 6.02. The molecule has 2 heterocycles. The molecule has 1 aliphatic heterocycles. The minimum atomic E-state index is -3.05. The molecule has 7 heteroatoms. The Morgan fingerprint density at radius 3 is 2.85 bits per heavy atom. The van der Waals surface area contributed by atoms with Crippen LogP contribution in [-0.2, 0) is 4.79 Å². The van der Waals surface area contributed by atoms with Gasteiger partial charge in [0.25, 0.3) is 5.92 Å². The van der Waals surface area contributed by atoms with Gasteiger partial charge in [-0.25, -0.2) is 8.78 Å². The minimum absolute atomic E-state index is 0.0800. The van der Waals surface area contributed by atoms with Gasteiger partial charge in [0.15, 0.2) is 5.78 Å². The predicted molar refractivity (Wildman–Crippen MR) is 94.9 cm³/mol. The predicted octanol–water partition coefficient (Wildman–Crippen LogP) is 3.76. The average molecular weight is 373 g/mol. The molecule has 1 saturated heterocycles. The summed E-state index contributed by atoms with van der Waals surface area (Å²) in [4.78, 5) is 30.0. The molecule has 1 aromatic rings. The van der Waals surface area contributed by atoms with Gasteiger partial charge in [-0.3, -0.25) is 14.6 Å². The van der Waals surface area contributed by atoms with Crippen LogP contribution >= 0.6 is 0 Å². The number of pyridine rings is 1. The molecule has 0 bridgehead atoms. The van der Waals surface area contributed by atoms with Gasteiger partial charge in [-0.1, -0.05) is 6.08 Å². The maximum Gasteiger partial charge on any atom is 0.268 e. The van der Waals surface area contributed by atoms with Crippen molar-refractivity contribution in [1.82, 2.24) is 9.88 Å². The van der Waals surface area contributed by atoms with Gasteiger partial charge in [-0.15, -0.1) is 0 Å². The van der Waals surface area contributed by atoms with Gasteiger partial charge in [0.2, 0.25) is 5.91 Å². The third kappa shape index (κ3) is 4.38. The van der Waals surface area contributed by atoms with E-state index < -0.39 is 30.8 Å². The molecule has 27 heavy (non-hydrogen) atoms. The Labute approximate surface area is 156 Å². The first kappa shape index (κ1) is 19.2. The van der Waals surface area contributed by atoms with E-state index in [1.807, 2.05) is 0 Å². The largest absolute Gasteiger partial charge is 0.320 e. The first-order chi connectivity index (χ1) is 12.9. The number of Topliss-reactive ketones (excluding diaryl/α,β-unsaturated/α-hetero) is 1. The van der Waals surface area contributed by atoms with Crippen molar-refractivity contribution in [3.63, 3.8) is 0 Å². The van der Waals surface area contributed by atoms with Crippen LogP contribution in [0.15, 0.2) is 24.5 Å². The second-order valence-corrected chi connectivity index (χ2v) is 7.05. The highest BCUT2D eigenvalue weighted by Gasteiger charge is 2.47. The van der Waals surface area contributed by atoms with Crippen LogP contribution < -0.4 is 0 Å². The summed E-state index contributed by atoms with van der Waals surface area (Å²) in [6, 6.07) is 2.25. The summed E-state index contributed by atoms with van der Waals surface area (Å²) < 4.78 is 27.0. The molecule has 3 rings (SSSR count). The number of hydrogen-bond acceptors (Lipinski definition) is 4. The van der Waals surface area contributed by atoms with E-state index >= 15 is 0 Å². The number of carbonyl (C=O) groups excluding carboxylic acids is 2. The summed E-state index contributed by atoms with van der Waals surface area (Å²) in [5.41, 5.74) is 2.39. The first-order valence-electron chi connectivity index (χ1n) is 9.15. The highest BCUT2D eigenvalue weighted by atomic mass is 19.3. The summed E-state index contributed by atoms with van der Waals surface area (Å²) in [5, 5.41) is 9.00. The lowest BCUT2D eigenvalue weighted by Gasteiger charge is -2.19. The number of nitrogens with zero attached hydrogens (tertiary/aromatic N) is 3. The van der Waals surface area contributed by atoms with E-state index in [2.05, 4.69) is 11.1 Å². The number of amides is 1. The molecule has 1 atom stereocenters. The van der Waals surface area contributed by atoms with Crippen LogP contribution in [-0.4, -0.2) is 40.1 Å². The number of alkyl halides is 2. The Balaban J connectivity index is 1.67. The van der Waals surface area contributed by atoms with Crippen LogP contribution in [0.2, 0.25) is 0 Å². The first-order valence-corrected chi connectivity index (χ1v) is 9.15. The Morgan fingerprint density at radius 2 is 2.15 bits per heavy atom. The number of nitriles is 1. The summed E-state index contributed by atoms with van der Waals surface area (Å²) in [5.74, 6) is -3.85. The van der Waals surface area contributed by atoms with Gasteiger partial charge in [0.1, 0.15) is 6.04 Å². The van der Waals surface area contributed by atoms with E-state index in [4.69, 9.17) is 5.26 Å². The molecule has 0 spiro atoms. The molecule has 0 N–H and O–H groups in total. The van der Waals surface area contributed by atoms with Crippen LogP contribution in [0.25, 0.3) is 5.57 Å². The van der Waals surface area contributed by atoms with Gasteiger partial charge >= 0.3 is 0 Å². The Bertz CT molecular complexity index is 814. The Hall–Kier alpha value is -2.62. The fraction of sp³-hybridized carbons (Fsp3) is 0.500. The maximum atomic E-state index is 13.5. The Kier molecular flexibility index (Phi) is 5.64. The standard InChI is InChI=1S/C20H21F2N3O2/c21-20(22)10-15(11-23)25(13-20)19(27)7-6-18(26)16-8-9-24-12-17(16)14-4-2-1-3-5-14/h4,8-9,12,15H,1-3,5-7,10,13H2/t15-/m0/s1. The number of halogens is 2. The average Bonchev–Trinajstić information content (AvgIpc) is 3.01. The van der Waals surface area contributed by atoms with Crippen molar-refractivity contribution >= 4 is 17.3 Å². The van der Waals surface area contributed by atoms with E-state index in [0.29, 0.717) is 5.56 Å². The van der Waals surface area contributed by atoms with E-state index in [9.17, 15) is 18.4 Å². The molecule has 0 unspecified atom stereocenters. The lowest BCUT2D eigenvalue weighted by Crippen LogP contribution is -2.36. The second kappa shape index (κ2) is 7.95. The van der Waals surface area contributed by atoms with Crippen molar-refractivity contribution in [3.8, 4) is 6.07 Å².